The number of benzene rings is 4. The number of rotatable bonds is 4. The van der Waals surface area contributed by atoms with Gasteiger partial charge in [-0.05, 0) is 70.8 Å². The first-order chi connectivity index (χ1) is 16.8. The van der Waals surface area contributed by atoms with Crippen LogP contribution < -0.4 is 4.74 Å². The molecule has 6 N–H and O–H groups in total. The van der Waals surface area contributed by atoms with Gasteiger partial charge < -0.3 is 35.4 Å². The molecule has 0 amide bonds. The normalized spacial score (nSPS) is 16.8. The molecule has 2 atom stereocenters. The van der Waals surface area contributed by atoms with E-state index < -0.39 is 12.0 Å². The van der Waals surface area contributed by atoms with Crippen LogP contribution in [0.4, 0.5) is 0 Å². The predicted molar refractivity (Wildman–Crippen MR) is 130 cm³/mol. The second-order valence-electron chi connectivity index (χ2n) is 8.46. The van der Waals surface area contributed by atoms with E-state index >= 15 is 0 Å². The van der Waals surface area contributed by atoms with Crippen molar-refractivity contribution >= 4 is 12.2 Å². The summed E-state index contributed by atoms with van der Waals surface area (Å²) >= 11 is 0. The summed E-state index contributed by atoms with van der Waals surface area (Å²) in [5.41, 5.74) is 3.45. The van der Waals surface area contributed by atoms with Gasteiger partial charge in [-0.25, -0.2) is 0 Å². The second kappa shape index (κ2) is 8.53. The smallest absolute Gasteiger partial charge is 0.157 e. The van der Waals surface area contributed by atoms with Crippen LogP contribution in [0.3, 0.4) is 0 Å². The van der Waals surface area contributed by atoms with E-state index in [4.69, 9.17) is 4.74 Å². The molecule has 5 rings (SSSR count). The highest BCUT2D eigenvalue weighted by atomic mass is 16.5. The molecule has 176 valence electrons. The first-order valence-corrected chi connectivity index (χ1v) is 10.8. The van der Waals surface area contributed by atoms with Crippen molar-refractivity contribution in [1.29, 1.82) is 0 Å². The number of phenols is 6. The maximum Gasteiger partial charge on any atom is 0.157 e. The van der Waals surface area contributed by atoms with Crippen LogP contribution in [0.2, 0.25) is 0 Å². The molecule has 0 aromatic heterocycles. The number of ether oxygens (including phenoxy) is 1. The number of aromatic hydroxyl groups is 6. The summed E-state index contributed by atoms with van der Waals surface area (Å²) in [7, 11) is 0. The highest BCUT2D eigenvalue weighted by molar-refractivity contribution is 5.72. The fourth-order valence-corrected chi connectivity index (χ4v) is 4.43. The van der Waals surface area contributed by atoms with E-state index in [1.54, 1.807) is 24.3 Å². The van der Waals surface area contributed by atoms with E-state index in [1.165, 1.54) is 36.4 Å². The maximum absolute atomic E-state index is 10.1. The molecule has 0 unspecified atom stereocenters. The third-order valence-corrected chi connectivity index (χ3v) is 5.93. The molecule has 4 aromatic carbocycles. The van der Waals surface area contributed by atoms with Gasteiger partial charge in [0.1, 0.15) is 34.9 Å². The molecular weight excluding hydrogens is 448 g/mol. The molecule has 0 saturated heterocycles. The van der Waals surface area contributed by atoms with Crippen LogP contribution in [0.25, 0.3) is 12.2 Å². The summed E-state index contributed by atoms with van der Waals surface area (Å²) in [5, 5.41) is 59.5. The minimum atomic E-state index is -0.597. The first kappa shape index (κ1) is 22.0. The summed E-state index contributed by atoms with van der Waals surface area (Å²) in [6.45, 7) is 0. The quantitative estimate of drug-likeness (QED) is 0.175. The first-order valence-electron chi connectivity index (χ1n) is 10.8. The lowest BCUT2D eigenvalue weighted by molar-refractivity contribution is 0.221. The molecular formula is C28H22O7. The van der Waals surface area contributed by atoms with Gasteiger partial charge in [0.2, 0.25) is 0 Å². The fraction of sp³-hybridized carbons (Fsp3) is 0.0714. The number of phenolic OH excluding ortho intramolecular Hbond substituents is 6. The third kappa shape index (κ3) is 4.39. The Labute approximate surface area is 200 Å². The maximum atomic E-state index is 10.1. The molecule has 7 heteroatoms. The lowest BCUT2D eigenvalue weighted by atomic mass is 9.84. The Morgan fingerprint density at radius 2 is 1.17 bits per heavy atom. The van der Waals surface area contributed by atoms with Crippen molar-refractivity contribution in [3.63, 3.8) is 0 Å². The van der Waals surface area contributed by atoms with Crippen molar-refractivity contribution in [3.8, 4) is 40.2 Å². The molecule has 1 aliphatic rings. The van der Waals surface area contributed by atoms with E-state index in [-0.39, 0.29) is 34.5 Å². The zero-order valence-corrected chi connectivity index (χ0v) is 18.3. The third-order valence-electron chi connectivity index (χ3n) is 5.93. The van der Waals surface area contributed by atoms with Crippen LogP contribution in [0.5, 0.6) is 40.2 Å². The van der Waals surface area contributed by atoms with Gasteiger partial charge in [0.05, 0.1) is 5.92 Å². The van der Waals surface area contributed by atoms with E-state index in [2.05, 4.69) is 0 Å². The van der Waals surface area contributed by atoms with Gasteiger partial charge >= 0.3 is 0 Å². The van der Waals surface area contributed by atoms with Gasteiger partial charge in [-0.1, -0.05) is 24.3 Å². The summed E-state index contributed by atoms with van der Waals surface area (Å²) in [5.74, 6) is -0.654. The van der Waals surface area contributed by atoms with Crippen LogP contribution in [0.1, 0.15) is 39.8 Å². The van der Waals surface area contributed by atoms with Gasteiger partial charge in [-0.3, -0.25) is 0 Å². The van der Waals surface area contributed by atoms with Gasteiger partial charge in [-0.15, -0.1) is 0 Å². The second-order valence-corrected chi connectivity index (χ2v) is 8.46. The minimum absolute atomic E-state index is 0.0456. The average Bonchev–Trinajstić information content (AvgIpc) is 3.17. The molecule has 7 nitrogen and oxygen atoms in total. The van der Waals surface area contributed by atoms with Crippen LogP contribution in [0, 0.1) is 0 Å². The van der Waals surface area contributed by atoms with Crippen molar-refractivity contribution in [3.05, 3.63) is 101 Å². The highest BCUT2D eigenvalue weighted by Gasteiger charge is 2.37. The molecule has 4 aromatic rings. The topological polar surface area (TPSA) is 131 Å². The fourth-order valence-electron chi connectivity index (χ4n) is 4.43. The van der Waals surface area contributed by atoms with E-state index in [0.29, 0.717) is 22.4 Å². The van der Waals surface area contributed by atoms with Gasteiger partial charge in [-0.2, -0.15) is 0 Å². The molecule has 1 aliphatic heterocycles. The average molecular weight is 470 g/mol. The van der Waals surface area contributed by atoms with E-state index in [9.17, 15) is 30.6 Å². The summed E-state index contributed by atoms with van der Waals surface area (Å²) < 4.78 is 6.24. The zero-order valence-electron chi connectivity index (χ0n) is 18.3. The summed E-state index contributed by atoms with van der Waals surface area (Å²) in [4.78, 5) is 0. The van der Waals surface area contributed by atoms with Crippen molar-refractivity contribution in [1.82, 2.24) is 0 Å². The molecule has 0 saturated carbocycles. The van der Waals surface area contributed by atoms with Crippen molar-refractivity contribution < 1.29 is 35.4 Å². The zero-order chi connectivity index (χ0) is 24.7. The number of fused-ring (bicyclic) bond motifs is 1. The van der Waals surface area contributed by atoms with E-state index in [1.807, 2.05) is 24.3 Å². The van der Waals surface area contributed by atoms with Crippen molar-refractivity contribution in [2.75, 3.05) is 0 Å². The molecule has 1 heterocycles. The molecule has 0 spiro atoms. The van der Waals surface area contributed by atoms with Crippen molar-refractivity contribution in [2.45, 2.75) is 12.0 Å². The van der Waals surface area contributed by atoms with Crippen LogP contribution >= 0.6 is 0 Å². The number of hydrogen-bond donors (Lipinski definition) is 6. The summed E-state index contributed by atoms with van der Waals surface area (Å²) in [6, 6.07) is 18.7. The molecule has 0 radical (unpaired) electrons. The highest BCUT2D eigenvalue weighted by Crippen LogP contribution is 2.51. The van der Waals surface area contributed by atoms with Crippen LogP contribution in [0.15, 0.2) is 72.8 Å². The number of hydrogen-bond acceptors (Lipinski definition) is 7. The largest absolute Gasteiger partial charge is 0.508 e. The predicted octanol–water partition coefficient (Wildman–Crippen LogP) is 5.36. The standard InChI is InChI=1S/C28H22O7/c29-19-7-16(8-20(30)13-19)2-1-15-3-6-26-23(9-15)27(18-10-21(31)14-22(32)11-18)28(35-26)17-4-5-24(33)25(34)12-17/h1-14,27-34H/t27-,28+/m0/s1. The Kier molecular flexibility index (Phi) is 5.37. The van der Waals surface area contributed by atoms with Gasteiger partial charge in [0.25, 0.3) is 0 Å². The van der Waals surface area contributed by atoms with Crippen LogP contribution in [-0.4, -0.2) is 30.6 Å². The molecule has 0 aliphatic carbocycles. The Morgan fingerprint density at radius 3 is 1.83 bits per heavy atom. The molecule has 35 heavy (non-hydrogen) atoms. The van der Waals surface area contributed by atoms with Crippen molar-refractivity contribution in [2.24, 2.45) is 0 Å². The monoisotopic (exact) mass is 470 g/mol. The minimum Gasteiger partial charge on any atom is -0.508 e. The van der Waals surface area contributed by atoms with Crippen LogP contribution in [-0.2, 0) is 0 Å². The lowest BCUT2D eigenvalue weighted by Gasteiger charge is -2.21. The van der Waals surface area contributed by atoms with Gasteiger partial charge in [0, 0.05) is 17.7 Å². The molecule has 0 bridgehead atoms. The van der Waals surface area contributed by atoms with Gasteiger partial charge in [0.15, 0.2) is 11.5 Å². The molecule has 0 fully saturated rings. The summed E-state index contributed by atoms with van der Waals surface area (Å²) in [6.07, 6.45) is 2.98. The Balaban J connectivity index is 1.58. The Morgan fingerprint density at radius 1 is 0.543 bits per heavy atom. The Bertz CT molecular complexity index is 1420. The lowest BCUT2D eigenvalue weighted by Crippen LogP contribution is -2.11. The Hall–Kier alpha value is -4.78. The van der Waals surface area contributed by atoms with E-state index in [0.717, 1.165) is 11.1 Å². The SMILES string of the molecule is Oc1cc(O)cc(C=Cc2ccc3c(c2)[C@H](c2cc(O)cc(O)c2)[C@@H](c2ccc(O)c(O)c2)O3)c1.